The van der Waals surface area contributed by atoms with Crippen LogP contribution in [0.3, 0.4) is 0 Å². The van der Waals surface area contributed by atoms with Gasteiger partial charge in [0.2, 0.25) is 5.82 Å². The molecule has 0 radical (unpaired) electrons. The summed E-state index contributed by atoms with van der Waals surface area (Å²) in [5.41, 5.74) is 13.9. The van der Waals surface area contributed by atoms with Gasteiger partial charge >= 0.3 is 0 Å². The summed E-state index contributed by atoms with van der Waals surface area (Å²) in [7, 11) is 0. The lowest BCUT2D eigenvalue weighted by molar-refractivity contribution is 0.0902. The number of amides is 1. The Bertz CT molecular complexity index is 1220. The fraction of sp³-hybridized carbons (Fsp3) is 0.407. The Hall–Kier alpha value is -3.68. The van der Waals surface area contributed by atoms with Crippen LogP contribution in [0.5, 0.6) is 0 Å². The monoisotopic (exact) mass is 473 g/mol. The molecule has 0 unspecified atom stereocenters. The second-order valence-electron chi connectivity index (χ2n) is 10.1. The van der Waals surface area contributed by atoms with Gasteiger partial charge in [-0.3, -0.25) is 4.79 Å². The highest BCUT2D eigenvalue weighted by Gasteiger charge is 2.28. The van der Waals surface area contributed by atoms with E-state index in [2.05, 4.69) is 32.7 Å². The molecule has 3 aromatic rings. The number of aryl methyl sites for hydroxylation is 1. The van der Waals surface area contributed by atoms with Crippen LogP contribution in [-0.2, 0) is 6.42 Å². The van der Waals surface area contributed by atoms with Crippen LogP contribution >= 0.6 is 0 Å². The van der Waals surface area contributed by atoms with Crippen molar-refractivity contribution in [1.29, 1.82) is 0 Å². The Morgan fingerprint density at radius 2 is 1.83 bits per heavy atom. The third-order valence-electron chi connectivity index (χ3n) is 6.36. The zero-order valence-electron chi connectivity index (χ0n) is 20.7. The van der Waals surface area contributed by atoms with Crippen molar-refractivity contribution in [3.05, 3.63) is 65.5 Å². The van der Waals surface area contributed by atoms with Crippen molar-refractivity contribution in [3.8, 4) is 0 Å². The van der Waals surface area contributed by atoms with Gasteiger partial charge in [0.05, 0.1) is 17.6 Å². The molecule has 6 N–H and O–H groups in total. The van der Waals surface area contributed by atoms with Crippen LogP contribution in [0, 0.1) is 6.92 Å². The molecule has 1 amide bonds. The Labute approximate surface area is 206 Å². The molecule has 8 nitrogen and oxygen atoms in total. The van der Waals surface area contributed by atoms with Crippen LogP contribution in [-0.4, -0.2) is 39.5 Å². The third kappa shape index (κ3) is 6.26. The third-order valence-corrected chi connectivity index (χ3v) is 6.36. The van der Waals surface area contributed by atoms with Gasteiger partial charge in [0.15, 0.2) is 5.96 Å². The summed E-state index contributed by atoms with van der Waals surface area (Å²) < 4.78 is 0. The van der Waals surface area contributed by atoms with E-state index in [0.29, 0.717) is 17.8 Å². The Kier molecular flexibility index (Phi) is 7.19. The number of anilines is 1. The van der Waals surface area contributed by atoms with E-state index in [1.54, 1.807) is 0 Å². The molecule has 8 heteroatoms. The molecule has 35 heavy (non-hydrogen) atoms. The topological polar surface area (TPSA) is 131 Å². The SMILES string of the molecule is Cc1ccc2nc(C(=O)NC(C)(C)Cc3ccccc3)nc(N[C@H]3CCCC[C@H]3N=C(N)N)c2c1. The number of hydrogen-bond donors (Lipinski definition) is 4. The predicted octanol–water partition coefficient (Wildman–Crippen LogP) is 3.69. The van der Waals surface area contributed by atoms with E-state index >= 15 is 0 Å². The van der Waals surface area contributed by atoms with Gasteiger partial charge in [0.1, 0.15) is 5.82 Å². The van der Waals surface area contributed by atoms with E-state index in [0.717, 1.165) is 42.2 Å². The summed E-state index contributed by atoms with van der Waals surface area (Å²) in [6, 6.07) is 16.0. The molecular weight excluding hydrogens is 438 g/mol. The number of carbonyl (C=O) groups excluding carboxylic acids is 1. The Balaban J connectivity index is 1.63. The number of aliphatic imine (C=N–C) groups is 1. The van der Waals surface area contributed by atoms with E-state index in [1.165, 1.54) is 0 Å². The minimum Gasteiger partial charge on any atom is -0.370 e. The van der Waals surface area contributed by atoms with Crippen molar-refractivity contribution in [2.75, 3.05) is 5.32 Å². The van der Waals surface area contributed by atoms with Crippen molar-refractivity contribution in [2.45, 2.75) is 70.5 Å². The molecule has 1 aliphatic carbocycles. The lowest BCUT2D eigenvalue weighted by atomic mass is 9.90. The van der Waals surface area contributed by atoms with Gasteiger partial charge in [-0.2, -0.15) is 0 Å². The second kappa shape index (κ2) is 10.3. The number of carbonyl (C=O) groups is 1. The highest BCUT2D eigenvalue weighted by atomic mass is 16.2. The lowest BCUT2D eigenvalue weighted by Crippen LogP contribution is -2.45. The number of hydrogen-bond acceptors (Lipinski definition) is 5. The fourth-order valence-electron chi connectivity index (χ4n) is 4.77. The standard InChI is InChI=1S/C27H35N7O/c1-17-13-14-20-19(15-17)23(31-21-11-7-8-12-22(21)32-26(28)29)33-24(30-20)25(35)34-27(2,3)16-18-9-5-4-6-10-18/h4-6,9-10,13-15,21-22H,7-8,11-12,16H2,1-3H3,(H,34,35)(H4,28,29,32)(H,30,31,33)/t21-,22+/m0/s1. The highest BCUT2D eigenvalue weighted by Crippen LogP contribution is 2.28. The summed E-state index contributed by atoms with van der Waals surface area (Å²) in [6.45, 7) is 6.03. The van der Waals surface area contributed by atoms with Gasteiger partial charge < -0.3 is 22.1 Å². The zero-order chi connectivity index (χ0) is 25.0. The molecule has 1 saturated carbocycles. The number of nitrogens with one attached hydrogen (secondary N) is 2. The maximum absolute atomic E-state index is 13.3. The molecule has 184 valence electrons. The maximum Gasteiger partial charge on any atom is 0.289 e. The van der Waals surface area contributed by atoms with Crippen molar-refractivity contribution in [3.63, 3.8) is 0 Å². The lowest BCUT2D eigenvalue weighted by Gasteiger charge is -2.30. The first-order valence-electron chi connectivity index (χ1n) is 12.2. The first-order valence-corrected chi connectivity index (χ1v) is 12.2. The maximum atomic E-state index is 13.3. The van der Waals surface area contributed by atoms with E-state index in [4.69, 9.17) is 16.5 Å². The molecular formula is C27H35N7O. The first kappa shape index (κ1) is 24.4. The highest BCUT2D eigenvalue weighted by molar-refractivity contribution is 5.97. The average molecular weight is 474 g/mol. The van der Waals surface area contributed by atoms with Crippen LogP contribution in [0.2, 0.25) is 0 Å². The minimum absolute atomic E-state index is 0.0231. The molecule has 0 aliphatic heterocycles. The molecule has 2 aromatic carbocycles. The number of fused-ring (bicyclic) bond motifs is 1. The van der Waals surface area contributed by atoms with E-state index < -0.39 is 5.54 Å². The van der Waals surface area contributed by atoms with Gasteiger partial charge in [-0.25, -0.2) is 15.0 Å². The van der Waals surface area contributed by atoms with Crippen LogP contribution in [0.4, 0.5) is 5.82 Å². The number of guanidine groups is 1. The fourth-order valence-corrected chi connectivity index (χ4v) is 4.77. The smallest absolute Gasteiger partial charge is 0.289 e. The van der Waals surface area contributed by atoms with Crippen LogP contribution in [0.25, 0.3) is 10.9 Å². The zero-order valence-corrected chi connectivity index (χ0v) is 20.7. The molecule has 1 fully saturated rings. The molecule has 0 saturated heterocycles. The number of aromatic nitrogens is 2. The summed E-state index contributed by atoms with van der Waals surface area (Å²) in [5, 5.41) is 7.55. The van der Waals surface area contributed by atoms with E-state index in [1.807, 2.05) is 57.2 Å². The number of nitrogens with two attached hydrogens (primary N) is 2. The number of rotatable bonds is 7. The molecule has 1 aromatic heterocycles. The van der Waals surface area contributed by atoms with Gasteiger partial charge in [-0.15, -0.1) is 0 Å². The Morgan fingerprint density at radius 1 is 1.09 bits per heavy atom. The van der Waals surface area contributed by atoms with Gasteiger partial charge in [0, 0.05) is 10.9 Å². The van der Waals surface area contributed by atoms with Crippen molar-refractivity contribution in [1.82, 2.24) is 15.3 Å². The van der Waals surface area contributed by atoms with Gasteiger partial charge in [0.25, 0.3) is 5.91 Å². The van der Waals surface area contributed by atoms with Gasteiger partial charge in [-0.05, 0) is 57.7 Å². The normalized spacial score (nSPS) is 18.1. The summed E-state index contributed by atoms with van der Waals surface area (Å²) in [6.07, 6.45) is 4.67. The molecule has 1 aliphatic rings. The minimum atomic E-state index is -0.473. The molecule has 4 rings (SSSR count). The van der Waals surface area contributed by atoms with Crippen LogP contribution in [0.15, 0.2) is 53.5 Å². The quantitative estimate of drug-likeness (QED) is 0.306. The molecule has 0 bridgehead atoms. The van der Waals surface area contributed by atoms with Crippen LogP contribution in [0.1, 0.15) is 61.3 Å². The average Bonchev–Trinajstić information content (AvgIpc) is 2.80. The molecule has 0 spiro atoms. The molecule has 1 heterocycles. The summed E-state index contributed by atoms with van der Waals surface area (Å²) >= 11 is 0. The van der Waals surface area contributed by atoms with Crippen molar-refractivity contribution < 1.29 is 4.79 Å². The second-order valence-corrected chi connectivity index (χ2v) is 10.1. The first-order chi connectivity index (χ1) is 16.7. The number of nitrogens with zero attached hydrogens (tertiary/aromatic N) is 3. The molecule has 2 atom stereocenters. The number of benzene rings is 2. The summed E-state index contributed by atoms with van der Waals surface area (Å²) in [5.74, 6) is 0.556. The largest absolute Gasteiger partial charge is 0.370 e. The summed E-state index contributed by atoms with van der Waals surface area (Å²) in [4.78, 5) is 27.0. The predicted molar refractivity (Wildman–Crippen MR) is 141 cm³/mol. The van der Waals surface area contributed by atoms with Crippen molar-refractivity contribution in [2.24, 2.45) is 16.5 Å². The van der Waals surface area contributed by atoms with E-state index in [9.17, 15) is 4.79 Å². The Morgan fingerprint density at radius 3 is 2.57 bits per heavy atom. The van der Waals surface area contributed by atoms with Crippen LogP contribution < -0.4 is 22.1 Å². The van der Waals surface area contributed by atoms with E-state index in [-0.39, 0.29) is 29.8 Å². The van der Waals surface area contributed by atoms with Crippen molar-refractivity contribution >= 4 is 28.6 Å². The van der Waals surface area contributed by atoms with Gasteiger partial charge in [-0.1, -0.05) is 54.8 Å².